The molecule has 9 heteroatoms. The van der Waals surface area contributed by atoms with Gasteiger partial charge in [-0.2, -0.15) is 0 Å². The summed E-state index contributed by atoms with van der Waals surface area (Å²) in [5, 5.41) is 25.3. The molecule has 6 nitrogen and oxygen atoms in total. The first-order chi connectivity index (χ1) is 5.00. The molecule has 0 radical (unpaired) electrons. The number of aliphatic hydroxyl groups is 2. The molecule has 0 heterocycles. The van der Waals surface area contributed by atoms with Gasteiger partial charge in [0.15, 0.2) is 12.2 Å². The van der Waals surface area contributed by atoms with Gasteiger partial charge in [0.25, 0.3) is 0 Å². The number of carbonyl (C=O) groups is 2. The molecular weight excluding hydrogens is 328 g/mol. The molecule has 2 atom stereocenters. The van der Waals surface area contributed by atoms with E-state index in [-0.39, 0.29) is 104 Å². The molecule has 0 aliphatic rings. The number of aliphatic carboxylic acids is 1. The Morgan fingerprint density at radius 3 is 1.85 bits per heavy atom. The molecule has 0 saturated heterocycles. The van der Waals surface area contributed by atoms with Crippen LogP contribution in [0.15, 0.2) is 0 Å². The summed E-state index contributed by atoms with van der Waals surface area (Å²) in [6.45, 7) is 0. The van der Waals surface area contributed by atoms with Crippen molar-refractivity contribution in [1.82, 2.24) is 0 Å². The van der Waals surface area contributed by atoms with E-state index >= 15 is 0 Å². The van der Waals surface area contributed by atoms with Crippen molar-refractivity contribution >= 4 is 124 Å². The van der Waals surface area contributed by atoms with E-state index in [1.165, 1.54) is 0 Å². The van der Waals surface area contributed by atoms with Gasteiger partial charge in [-0.15, -0.1) is 0 Å². The zero-order chi connectivity index (χ0) is 9.02. The standard InChI is InChI=1S/C4H7BO6.Rb.Sr.3H/c5-11-4(10)2(7)1(6)3(8)9;;;;;/h1-2,6-7H,5H2,(H,8,9);;;;;. The summed E-state index contributed by atoms with van der Waals surface area (Å²) in [5.74, 6) is -2.86. The number of rotatable bonds is 3. The normalized spacial score (nSPS) is 12.8. The fourth-order valence-electron chi connectivity index (χ4n) is 0.385. The van der Waals surface area contributed by atoms with Crippen LogP contribution in [0.2, 0.25) is 0 Å². The predicted octanol–water partition coefficient (Wildman–Crippen LogP) is -4.68. The third kappa shape index (κ3) is 8.06. The molecule has 0 rings (SSSR count). The molecule has 68 valence electrons. The van der Waals surface area contributed by atoms with Crippen molar-refractivity contribution in [3.63, 3.8) is 0 Å². The first-order valence-corrected chi connectivity index (χ1v) is 2.67. The molecule has 3 N–H and O–H groups in total. The molecule has 0 amide bonds. The van der Waals surface area contributed by atoms with Crippen molar-refractivity contribution in [2.75, 3.05) is 0 Å². The van der Waals surface area contributed by atoms with Crippen LogP contribution in [0.4, 0.5) is 0 Å². The Balaban J connectivity index is -0.000000500. The summed E-state index contributed by atoms with van der Waals surface area (Å²) in [6, 6.07) is 0. The van der Waals surface area contributed by atoms with Gasteiger partial charge in [-0.25, -0.2) is 4.79 Å². The van der Waals surface area contributed by atoms with Gasteiger partial charge in [0.1, 0.15) is 0 Å². The molecule has 0 aliphatic heterocycles. The van der Waals surface area contributed by atoms with E-state index in [1.54, 1.807) is 0 Å². The van der Waals surface area contributed by atoms with Crippen molar-refractivity contribution < 1.29 is 29.6 Å². The van der Waals surface area contributed by atoms with Crippen molar-refractivity contribution in [2.24, 2.45) is 0 Å². The van der Waals surface area contributed by atoms with E-state index in [4.69, 9.17) is 15.3 Å². The van der Waals surface area contributed by atoms with Gasteiger partial charge in [0.2, 0.25) is 0 Å². The van der Waals surface area contributed by atoms with Crippen molar-refractivity contribution in [3.05, 3.63) is 0 Å². The number of aliphatic hydroxyl groups excluding tert-OH is 2. The van der Waals surface area contributed by atoms with Gasteiger partial charge in [-0.3, -0.25) is 4.79 Å². The van der Waals surface area contributed by atoms with Crippen LogP contribution in [0.1, 0.15) is 0 Å². The van der Waals surface area contributed by atoms with Gasteiger partial charge in [-0.05, 0) is 0 Å². The third-order valence-electron chi connectivity index (χ3n) is 0.995. The van der Waals surface area contributed by atoms with Crippen molar-refractivity contribution in [1.29, 1.82) is 0 Å². The predicted molar refractivity (Wildman–Crippen MR) is 50.0 cm³/mol. The average molecular weight is 338 g/mol. The first kappa shape index (κ1) is 20.6. The molecule has 0 fully saturated rings. The Morgan fingerprint density at radius 2 is 1.62 bits per heavy atom. The van der Waals surface area contributed by atoms with E-state index in [1.807, 2.05) is 0 Å². The maximum atomic E-state index is 10.4. The van der Waals surface area contributed by atoms with Crippen LogP contribution < -0.4 is 0 Å². The number of carbonyl (C=O) groups excluding carboxylic acids is 1. The Bertz CT molecular complexity index is 178. The van der Waals surface area contributed by atoms with Crippen molar-refractivity contribution in [2.45, 2.75) is 12.2 Å². The molecule has 0 saturated carbocycles. The summed E-state index contributed by atoms with van der Waals surface area (Å²) in [6.07, 6.45) is -4.17. The molecular formula is C4H10BO6RbSr. The quantitative estimate of drug-likeness (QED) is 0.447. The van der Waals surface area contributed by atoms with Gasteiger partial charge in [-0.1, -0.05) is 0 Å². The van der Waals surface area contributed by atoms with Crippen LogP contribution in [0, 0.1) is 0 Å². The topological polar surface area (TPSA) is 104 Å². The Hall–Kier alpha value is 2.21. The second-order valence-corrected chi connectivity index (χ2v) is 1.75. The first-order valence-electron chi connectivity index (χ1n) is 2.67. The minimum absolute atomic E-state index is 0. The van der Waals surface area contributed by atoms with Gasteiger partial charge in [0, 0.05) is 0 Å². The molecule has 2 unspecified atom stereocenters. The van der Waals surface area contributed by atoms with Crippen molar-refractivity contribution in [3.8, 4) is 0 Å². The monoisotopic (exact) mass is 338 g/mol. The molecule has 0 spiro atoms. The average Bonchev–Trinajstić information content (AvgIpc) is 2.00. The molecule has 0 aromatic heterocycles. The summed E-state index contributed by atoms with van der Waals surface area (Å²) >= 11 is 0. The zero-order valence-electron chi connectivity index (χ0n) is 5.72. The molecule has 0 aromatic rings. The molecule has 0 bridgehead atoms. The number of hydrogen-bond donors (Lipinski definition) is 3. The second-order valence-electron chi connectivity index (χ2n) is 1.75. The number of carboxylic acids is 1. The van der Waals surface area contributed by atoms with Crippen LogP contribution >= 0.6 is 0 Å². The van der Waals surface area contributed by atoms with Gasteiger partial charge >= 0.3 is 124 Å². The Labute approximate surface area is 162 Å². The summed E-state index contributed by atoms with van der Waals surface area (Å²) in [4.78, 5) is 20.3. The Kier molecular flexibility index (Phi) is 17.0. The SMILES string of the molecule is BOC(=O)C(O)C(O)C(=O)O.[RbH].[SrH2]. The van der Waals surface area contributed by atoms with Crippen LogP contribution in [0.25, 0.3) is 0 Å². The van der Waals surface area contributed by atoms with Crippen LogP contribution in [-0.2, 0) is 14.2 Å². The summed E-state index contributed by atoms with van der Waals surface area (Å²) in [5.41, 5.74) is 0. The molecule has 0 aromatic carbocycles. The van der Waals surface area contributed by atoms with Crippen LogP contribution in [-0.4, -0.2) is 151 Å². The minimum atomic E-state index is -2.14. The fraction of sp³-hybridized carbons (Fsp3) is 0.500. The van der Waals surface area contributed by atoms with E-state index in [0.717, 1.165) is 8.05 Å². The fourth-order valence-corrected chi connectivity index (χ4v) is 0.385. The summed E-state index contributed by atoms with van der Waals surface area (Å²) in [7, 11) is 0.972. The van der Waals surface area contributed by atoms with Crippen LogP contribution in [0.3, 0.4) is 0 Å². The van der Waals surface area contributed by atoms with E-state index in [2.05, 4.69) is 4.65 Å². The summed E-state index contributed by atoms with van der Waals surface area (Å²) < 4.78 is 3.97. The maximum absolute atomic E-state index is 10.4. The molecule has 13 heavy (non-hydrogen) atoms. The van der Waals surface area contributed by atoms with E-state index in [9.17, 15) is 9.59 Å². The third-order valence-corrected chi connectivity index (χ3v) is 0.995. The zero-order valence-corrected chi connectivity index (χ0v) is 5.72. The van der Waals surface area contributed by atoms with Crippen LogP contribution in [0.5, 0.6) is 0 Å². The van der Waals surface area contributed by atoms with Gasteiger partial charge < -0.3 is 20.0 Å². The van der Waals surface area contributed by atoms with Gasteiger partial charge in [0.05, 0.1) is 0 Å². The van der Waals surface area contributed by atoms with E-state index < -0.39 is 24.1 Å². The number of hydrogen-bond acceptors (Lipinski definition) is 5. The molecule has 0 aliphatic carbocycles. The van der Waals surface area contributed by atoms with E-state index in [0.29, 0.717) is 0 Å². The number of carboxylic acid groups (broad SMARTS) is 1. The Morgan fingerprint density at radius 1 is 1.23 bits per heavy atom. The second kappa shape index (κ2) is 10.7.